The summed E-state index contributed by atoms with van der Waals surface area (Å²) < 4.78 is 0. The predicted molar refractivity (Wildman–Crippen MR) is 90.2 cm³/mol. The van der Waals surface area contributed by atoms with E-state index in [0.29, 0.717) is 5.92 Å². The molecule has 0 aliphatic carbocycles. The van der Waals surface area contributed by atoms with Crippen molar-refractivity contribution in [1.29, 1.82) is 0 Å². The number of hydrogen-bond donors (Lipinski definition) is 1. The van der Waals surface area contributed by atoms with Crippen molar-refractivity contribution >= 4 is 17.4 Å². The van der Waals surface area contributed by atoms with Crippen LogP contribution in [0, 0.1) is 13.8 Å². The lowest BCUT2D eigenvalue weighted by Gasteiger charge is -2.17. The highest BCUT2D eigenvalue weighted by Crippen LogP contribution is 2.30. The first-order valence-electron chi connectivity index (χ1n) is 7.33. The van der Waals surface area contributed by atoms with Crippen molar-refractivity contribution in [1.82, 2.24) is 9.97 Å². The van der Waals surface area contributed by atoms with E-state index in [1.807, 2.05) is 32.0 Å². The molecule has 0 atom stereocenters. The Hall–Kier alpha value is -1.61. The number of aryl methyl sites for hydroxylation is 2. The molecule has 2 rings (SSSR count). The average Bonchev–Trinajstić information content (AvgIpc) is 2.37. The van der Waals surface area contributed by atoms with Crippen LogP contribution in [0.5, 0.6) is 0 Å². The standard InChI is InChI=1S/C17H22ClN3/c1-6-19-17-15(10(2)3)12(5)20-16(21-17)14-8-7-13(18)9-11(14)4/h7-10H,6H2,1-5H3,(H,19,20,21). The van der Waals surface area contributed by atoms with Crippen molar-refractivity contribution < 1.29 is 0 Å². The molecular weight excluding hydrogens is 282 g/mol. The lowest BCUT2D eigenvalue weighted by atomic mass is 10.0. The Kier molecular flexibility index (Phi) is 4.84. The summed E-state index contributed by atoms with van der Waals surface area (Å²) in [6, 6.07) is 5.81. The summed E-state index contributed by atoms with van der Waals surface area (Å²) in [6.07, 6.45) is 0. The Labute approximate surface area is 131 Å². The van der Waals surface area contributed by atoms with E-state index < -0.39 is 0 Å². The van der Waals surface area contributed by atoms with Gasteiger partial charge in [-0.05, 0) is 50.5 Å². The van der Waals surface area contributed by atoms with Crippen molar-refractivity contribution in [3.8, 4) is 11.4 Å². The third-order valence-corrected chi connectivity index (χ3v) is 3.72. The van der Waals surface area contributed by atoms with Crippen LogP contribution in [0.3, 0.4) is 0 Å². The molecule has 0 aliphatic heterocycles. The number of rotatable bonds is 4. The maximum absolute atomic E-state index is 6.03. The van der Waals surface area contributed by atoms with Crippen LogP contribution in [-0.4, -0.2) is 16.5 Å². The maximum atomic E-state index is 6.03. The fraction of sp³-hybridized carbons (Fsp3) is 0.412. The second-order valence-electron chi connectivity index (χ2n) is 5.54. The predicted octanol–water partition coefficient (Wildman–Crippen LogP) is 4.97. The normalized spacial score (nSPS) is 11.0. The minimum Gasteiger partial charge on any atom is -0.370 e. The molecule has 112 valence electrons. The van der Waals surface area contributed by atoms with Gasteiger partial charge < -0.3 is 5.32 Å². The molecule has 21 heavy (non-hydrogen) atoms. The summed E-state index contributed by atoms with van der Waals surface area (Å²) in [4.78, 5) is 9.44. The first-order valence-corrected chi connectivity index (χ1v) is 7.70. The van der Waals surface area contributed by atoms with Gasteiger partial charge in [0.2, 0.25) is 0 Å². The largest absolute Gasteiger partial charge is 0.370 e. The third-order valence-electron chi connectivity index (χ3n) is 3.49. The van der Waals surface area contributed by atoms with E-state index in [2.05, 4.69) is 26.1 Å². The van der Waals surface area contributed by atoms with Gasteiger partial charge in [0.25, 0.3) is 0 Å². The van der Waals surface area contributed by atoms with Gasteiger partial charge >= 0.3 is 0 Å². The van der Waals surface area contributed by atoms with Crippen LogP contribution in [0.1, 0.15) is 43.5 Å². The average molecular weight is 304 g/mol. The fourth-order valence-electron chi connectivity index (χ4n) is 2.57. The van der Waals surface area contributed by atoms with Gasteiger partial charge in [0.05, 0.1) is 0 Å². The van der Waals surface area contributed by atoms with Crippen LogP contribution >= 0.6 is 11.6 Å². The van der Waals surface area contributed by atoms with E-state index in [9.17, 15) is 0 Å². The number of halogens is 1. The smallest absolute Gasteiger partial charge is 0.162 e. The molecule has 0 fully saturated rings. The van der Waals surface area contributed by atoms with Gasteiger partial charge in [-0.15, -0.1) is 0 Å². The van der Waals surface area contributed by atoms with Gasteiger partial charge in [-0.3, -0.25) is 0 Å². The Morgan fingerprint density at radius 2 is 1.90 bits per heavy atom. The van der Waals surface area contributed by atoms with Crippen molar-refractivity contribution in [2.24, 2.45) is 0 Å². The first-order chi connectivity index (χ1) is 9.93. The van der Waals surface area contributed by atoms with Gasteiger partial charge in [-0.2, -0.15) is 0 Å². The quantitative estimate of drug-likeness (QED) is 0.866. The number of benzene rings is 1. The van der Waals surface area contributed by atoms with Crippen LogP contribution in [0.25, 0.3) is 11.4 Å². The molecular formula is C17H22ClN3. The van der Waals surface area contributed by atoms with E-state index >= 15 is 0 Å². The minimum atomic E-state index is 0.388. The summed E-state index contributed by atoms with van der Waals surface area (Å²) in [5.41, 5.74) is 4.33. The fourth-order valence-corrected chi connectivity index (χ4v) is 2.80. The molecule has 3 nitrogen and oxygen atoms in total. The zero-order valence-corrected chi connectivity index (χ0v) is 14.0. The van der Waals surface area contributed by atoms with Crippen molar-refractivity contribution in [3.05, 3.63) is 40.0 Å². The molecule has 1 heterocycles. The van der Waals surface area contributed by atoms with E-state index in [1.165, 1.54) is 5.56 Å². The topological polar surface area (TPSA) is 37.8 Å². The zero-order valence-electron chi connectivity index (χ0n) is 13.3. The van der Waals surface area contributed by atoms with E-state index in [4.69, 9.17) is 21.6 Å². The number of anilines is 1. The molecule has 0 radical (unpaired) electrons. The van der Waals surface area contributed by atoms with Crippen LogP contribution in [-0.2, 0) is 0 Å². The monoisotopic (exact) mass is 303 g/mol. The lowest BCUT2D eigenvalue weighted by molar-refractivity contribution is 0.831. The van der Waals surface area contributed by atoms with Crippen LogP contribution in [0.15, 0.2) is 18.2 Å². The van der Waals surface area contributed by atoms with Crippen LogP contribution in [0.4, 0.5) is 5.82 Å². The Bertz CT molecular complexity index is 651. The number of nitrogens with one attached hydrogen (secondary N) is 1. The minimum absolute atomic E-state index is 0.388. The highest BCUT2D eigenvalue weighted by molar-refractivity contribution is 6.30. The summed E-state index contributed by atoms with van der Waals surface area (Å²) >= 11 is 6.03. The maximum Gasteiger partial charge on any atom is 0.162 e. The van der Waals surface area contributed by atoms with Gasteiger partial charge in [0, 0.05) is 28.4 Å². The molecule has 0 spiro atoms. The Balaban J connectivity index is 2.60. The number of aromatic nitrogens is 2. The molecule has 1 aromatic carbocycles. The lowest BCUT2D eigenvalue weighted by Crippen LogP contribution is -2.09. The summed E-state index contributed by atoms with van der Waals surface area (Å²) in [5.74, 6) is 2.07. The molecule has 1 aromatic heterocycles. The van der Waals surface area contributed by atoms with E-state index in [-0.39, 0.29) is 0 Å². The summed E-state index contributed by atoms with van der Waals surface area (Å²) in [5, 5.41) is 4.10. The molecule has 4 heteroatoms. The highest BCUT2D eigenvalue weighted by atomic mass is 35.5. The Morgan fingerprint density at radius 3 is 2.48 bits per heavy atom. The van der Waals surface area contributed by atoms with E-state index in [1.54, 1.807) is 0 Å². The SMILES string of the molecule is CCNc1nc(-c2ccc(Cl)cc2C)nc(C)c1C(C)C. The van der Waals surface area contributed by atoms with Gasteiger partial charge in [-0.1, -0.05) is 25.4 Å². The molecule has 0 aliphatic rings. The van der Waals surface area contributed by atoms with Gasteiger partial charge in [-0.25, -0.2) is 9.97 Å². The van der Waals surface area contributed by atoms with Crippen molar-refractivity contribution in [2.75, 3.05) is 11.9 Å². The Morgan fingerprint density at radius 1 is 1.19 bits per heavy atom. The highest BCUT2D eigenvalue weighted by Gasteiger charge is 2.16. The first kappa shape index (κ1) is 15.8. The van der Waals surface area contributed by atoms with E-state index in [0.717, 1.165) is 40.0 Å². The molecule has 1 N–H and O–H groups in total. The van der Waals surface area contributed by atoms with Crippen LogP contribution < -0.4 is 5.32 Å². The van der Waals surface area contributed by atoms with Gasteiger partial charge in [0.15, 0.2) is 5.82 Å². The van der Waals surface area contributed by atoms with Crippen molar-refractivity contribution in [2.45, 2.75) is 40.5 Å². The van der Waals surface area contributed by atoms with Gasteiger partial charge in [0.1, 0.15) is 5.82 Å². The molecule has 0 saturated carbocycles. The molecule has 0 amide bonds. The number of nitrogens with zero attached hydrogens (tertiary/aromatic N) is 2. The second-order valence-corrected chi connectivity index (χ2v) is 5.98. The third kappa shape index (κ3) is 3.35. The van der Waals surface area contributed by atoms with Crippen molar-refractivity contribution in [3.63, 3.8) is 0 Å². The second kappa shape index (κ2) is 6.44. The zero-order chi connectivity index (χ0) is 15.6. The summed E-state index contributed by atoms with van der Waals surface area (Å²) in [7, 11) is 0. The molecule has 0 bridgehead atoms. The van der Waals surface area contributed by atoms with Crippen LogP contribution in [0.2, 0.25) is 5.02 Å². The molecule has 2 aromatic rings. The molecule has 0 unspecified atom stereocenters. The molecule has 0 saturated heterocycles. The summed E-state index contributed by atoms with van der Waals surface area (Å²) in [6.45, 7) is 11.3. The number of hydrogen-bond acceptors (Lipinski definition) is 3.